The molecule has 0 unspecified atom stereocenters. The van der Waals surface area contributed by atoms with Gasteiger partial charge in [0.1, 0.15) is 11.5 Å². The summed E-state index contributed by atoms with van der Waals surface area (Å²) in [6.45, 7) is 0.605. The molecule has 0 aromatic heterocycles. The predicted molar refractivity (Wildman–Crippen MR) is 73.6 cm³/mol. The van der Waals surface area contributed by atoms with Gasteiger partial charge in [0.05, 0.1) is 26.3 Å². The molecule has 0 aliphatic carbocycles. The van der Waals surface area contributed by atoms with E-state index in [1.807, 2.05) is 0 Å². The number of rotatable bonds is 9. The van der Waals surface area contributed by atoms with Gasteiger partial charge in [-0.1, -0.05) is 0 Å². The van der Waals surface area contributed by atoms with Crippen LogP contribution in [0.4, 0.5) is 0 Å². The van der Waals surface area contributed by atoms with Gasteiger partial charge in [-0.2, -0.15) is 0 Å². The fraction of sp³-hybridized carbons (Fsp3) is 0.429. The zero-order valence-electron chi connectivity index (χ0n) is 11.6. The smallest absolute Gasteiger partial charge is 0.303 e. The van der Waals surface area contributed by atoms with Gasteiger partial charge >= 0.3 is 5.97 Å². The van der Waals surface area contributed by atoms with Crippen molar-refractivity contribution >= 4 is 11.8 Å². The van der Waals surface area contributed by atoms with Crippen LogP contribution in [0.5, 0.6) is 11.5 Å². The van der Waals surface area contributed by atoms with E-state index >= 15 is 0 Å². The first-order chi connectivity index (χ1) is 9.58. The average Bonchev–Trinajstić information content (AvgIpc) is 2.45. The number of Topliss-reactive ketones (excluding diaryl/α,β-unsaturated/α-hetero) is 1. The molecular formula is C14H19NO5. The lowest BCUT2D eigenvalue weighted by Gasteiger charge is -2.10. The summed E-state index contributed by atoms with van der Waals surface area (Å²) in [5.41, 5.74) is 0.442. The Morgan fingerprint density at radius 3 is 2.60 bits per heavy atom. The van der Waals surface area contributed by atoms with E-state index < -0.39 is 5.97 Å². The number of carbonyl (C=O) groups is 2. The van der Waals surface area contributed by atoms with Crippen LogP contribution in [0.25, 0.3) is 0 Å². The third kappa shape index (κ3) is 4.89. The number of carboxylic acid groups (broad SMARTS) is 1. The molecule has 0 fully saturated rings. The molecule has 6 nitrogen and oxygen atoms in total. The van der Waals surface area contributed by atoms with Gasteiger partial charge in [-0.3, -0.25) is 9.59 Å². The van der Waals surface area contributed by atoms with Gasteiger partial charge in [-0.05, 0) is 31.2 Å². The first-order valence-electron chi connectivity index (χ1n) is 6.26. The van der Waals surface area contributed by atoms with Crippen LogP contribution in [-0.2, 0) is 4.79 Å². The summed E-state index contributed by atoms with van der Waals surface area (Å²) in [6, 6.07) is 5.02. The number of carbonyl (C=O) groups excluding carboxylic acids is 1. The molecule has 1 rings (SSSR count). The minimum Gasteiger partial charge on any atom is -0.497 e. The topological polar surface area (TPSA) is 84.9 Å². The molecule has 0 atom stereocenters. The molecule has 6 heteroatoms. The van der Waals surface area contributed by atoms with Gasteiger partial charge in [0.15, 0.2) is 5.78 Å². The molecule has 2 N–H and O–H groups in total. The minimum absolute atomic E-state index is 0.0870. The van der Waals surface area contributed by atoms with Crippen molar-refractivity contribution in [2.24, 2.45) is 0 Å². The number of nitrogens with one attached hydrogen (secondary N) is 1. The van der Waals surface area contributed by atoms with Crippen molar-refractivity contribution in [2.45, 2.75) is 12.8 Å². The fourth-order valence-corrected chi connectivity index (χ4v) is 1.69. The molecule has 0 heterocycles. The van der Waals surface area contributed by atoms with E-state index in [1.165, 1.54) is 14.2 Å². The quantitative estimate of drug-likeness (QED) is 0.525. The highest BCUT2D eigenvalue weighted by atomic mass is 16.5. The Kier molecular flexibility index (Phi) is 6.52. The van der Waals surface area contributed by atoms with Crippen molar-refractivity contribution in [2.75, 3.05) is 27.3 Å². The molecule has 0 aliphatic heterocycles. The highest BCUT2D eigenvalue weighted by Crippen LogP contribution is 2.24. The first-order valence-corrected chi connectivity index (χ1v) is 6.26. The van der Waals surface area contributed by atoms with Crippen LogP contribution in [0.15, 0.2) is 18.2 Å². The third-order valence-electron chi connectivity index (χ3n) is 2.74. The average molecular weight is 281 g/mol. The lowest BCUT2D eigenvalue weighted by molar-refractivity contribution is -0.137. The molecular weight excluding hydrogens is 262 g/mol. The van der Waals surface area contributed by atoms with Crippen LogP contribution < -0.4 is 14.8 Å². The zero-order valence-corrected chi connectivity index (χ0v) is 11.6. The highest BCUT2D eigenvalue weighted by Gasteiger charge is 2.13. The molecule has 0 aliphatic rings. The van der Waals surface area contributed by atoms with Crippen LogP contribution in [-0.4, -0.2) is 44.2 Å². The summed E-state index contributed by atoms with van der Waals surface area (Å²) in [4.78, 5) is 22.4. The molecule has 0 radical (unpaired) electrons. The van der Waals surface area contributed by atoms with Gasteiger partial charge in [-0.15, -0.1) is 0 Å². The summed E-state index contributed by atoms with van der Waals surface area (Å²) in [7, 11) is 3.03. The Bertz CT molecular complexity index is 473. The highest BCUT2D eigenvalue weighted by molar-refractivity contribution is 6.00. The van der Waals surface area contributed by atoms with Gasteiger partial charge in [0.2, 0.25) is 0 Å². The number of methoxy groups -OCH3 is 2. The fourth-order valence-electron chi connectivity index (χ4n) is 1.69. The van der Waals surface area contributed by atoms with E-state index in [1.54, 1.807) is 18.2 Å². The Balaban J connectivity index is 2.55. The Morgan fingerprint density at radius 1 is 1.25 bits per heavy atom. The first kappa shape index (κ1) is 16.0. The van der Waals surface area contributed by atoms with Crippen molar-refractivity contribution in [1.82, 2.24) is 5.32 Å². The van der Waals surface area contributed by atoms with E-state index in [2.05, 4.69) is 5.32 Å². The van der Waals surface area contributed by atoms with Crippen LogP contribution in [0.2, 0.25) is 0 Å². The summed E-state index contributed by atoms with van der Waals surface area (Å²) >= 11 is 0. The summed E-state index contributed by atoms with van der Waals surface area (Å²) in [6.07, 6.45) is 0.571. The maximum Gasteiger partial charge on any atom is 0.303 e. The van der Waals surface area contributed by atoms with Crippen molar-refractivity contribution in [3.05, 3.63) is 23.8 Å². The van der Waals surface area contributed by atoms with E-state index in [4.69, 9.17) is 14.6 Å². The third-order valence-corrected chi connectivity index (χ3v) is 2.74. The molecule has 1 aromatic carbocycles. The predicted octanol–water partition coefficient (Wildman–Crippen LogP) is 1.34. The number of hydrogen-bond acceptors (Lipinski definition) is 5. The van der Waals surface area contributed by atoms with Crippen LogP contribution >= 0.6 is 0 Å². The van der Waals surface area contributed by atoms with Crippen molar-refractivity contribution in [3.63, 3.8) is 0 Å². The lowest BCUT2D eigenvalue weighted by atomic mass is 10.1. The second-order valence-corrected chi connectivity index (χ2v) is 4.16. The number of carboxylic acids is 1. The van der Waals surface area contributed by atoms with E-state index in [9.17, 15) is 9.59 Å². The van der Waals surface area contributed by atoms with Gasteiger partial charge in [0.25, 0.3) is 0 Å². The van der Waals surface area contributed by atoms with Crippen molar-refractivity contribution in [3.8, 4) is 11.5 Å². The van der Waals surface area contributed by atoms with Gasteiger partial charge in [-0.25, -0.2) is 0 Å². The number of hydrogen-bond donors (Lipinski definition) is 2. The molecule has 110 valence electrons. The number of ether oxygens (including phenoxy) is 2. The normalized spacial score (nSPS) is 10.1. The molecule has 0 saturated carbocycles. The minimum atomic E-state index is -0.840. The van der Waals surface area contributed by atoms with Crippen molar-refractivity contribution < 1.29 is 24.2 Å². The van der Waals surface area contributed by atoms with Crippen LogP contribution in [0, 0.1) is 0 Å². The number of ketones is 1. The molecule has 0 saturated heterocycles. The second-order valence-electron chi connectivity index (χ2n) is 4.16. The SMILES string of the molecule is COc1ccc(OC)c(C(=O)CNCCCC(=O)O)c1. The van der Waals surface area contributed by atoms with Gasteiger partial charge in [0, 0.05) is 6.42 Å². The number of aliphatic carboxylic acids is 1. The van der Waals surface area contributed by atoms with Crippen molar-refractivity contribution in [1.29, 1.82) is 0 Å². The molecule has 1 aromatic rings. The van der Waals surface area contributed by atoms with E-state index in [0.29, 0.717) is 30.0 Å². The molecule has 0 amide bonds. The largest absolute Gasteiger partial charge is 0.497 e. The maximum atomic E-state index is 12.1. The molecule has 0 spiro atoms. The monoisotopic (exact) mass is 281 g/mol. The maximum absolute atomic E-state index is 12.1. The van der Waals surface area contributed by atoms with E-state index in [0.717, 1.165) is 0 Å². The molecule has 20 heavy (non-hydrogen) atoms. The summed E-state index contributed by atoms with van der Waals surface area (Å²) < 4.78 is 10.2. The van der Waals surface area contributed by atoms with Crippen LogP contribution in [0.1, 0.15) is 23.2 Å². The lowest BCUT2D eigenvalue weighted by Crippen LogP contribution is -2.24. The van der Waals surface area contributed by atoms with Crippen LogP contribution in [0.3, 0.4) is 0 Å². The van der Waals surface area contributed by atoms with E-state index in [-0.39, 0.29) is 18.7 Å². The second kappa shape index (κ2) is 8.16. The Hall–Kier alpha value is -2.08. The Morgan fingerprint density at radius 2 is 2.00 bits per heavy atom. The zero-order chi connectivity index (χ0) is 15.0. The molecule has 0 bridgehead atoms. The summed E-state index contributed by atoms with van der Waals surface area (Å²) in [5.74, 6) is 0.104. The summed E-state index contributed by atoms with van der Waals surface area (Å²) in [5, 5.41) is 11.4. The number of benzene rings is 1. The van der Waals surface area contributed by atoms with Gasteiger partial charge < -0.3 is 19.9 Å². The Labute approximate surface area is 117 Å². The standard InChI is InChI=1S/C14H19NO5/c1-19-10-5-6-13(20-2)11(8-10)12(16)9-15-7-3-4-14(17)18/h5-6,8,15H,3-4,7,9H2,1-2H3,(H,17,18).